The van der Waals surface area contributed by atoms with Gasteiger partial charge in [0, 0.05) is 21.5 Å². The maximum atomic E-state index is 13.2. The van der Waals surface area contributed by atoms with E-state index >= 15 is 0 Å². The zero-order valence-corrected chi connectivity index (χ0v) is 16.8. The summed E-state index contributed by atoms with van der Waals surface area (Å²) in [6.07, 6.45) is 0. The molecule has 2 unspecified atom stereocenters. The molecule has 1 heterocycles. The molecule has 27 heavy (non-hydrogen) atoms. The second-order valence-corrected chi connectivity index (χ2v) is 7.92. The van der Waals surface area contributed by atoms with Gasteiger partial charge >= 0.3 is 11.9 Å². The Morgan fingerprint density at radius 1 is 1.11 bits per heavy atom. The summed E-state index contributed by atoms with van der Waals surface area (Å²) in [7, 11) is 1.29. The van der Waals surface area contributed by atoms with E-state index < -0.39 is 29.2 Å². The van der Waals surface area contributed by atoms with Crippen LogP contribution in [0.2, 0.25) is 0 Å². The number of hydrogen-bond donors (Lipinski definition) is 0. The van der Waals surface area contributed by atoms with Crippen molar-refractivity contribution in [3.8, 4) is 5.75 Å². The van der Waals surface area contributed by atoms with Gasteiger partial charge in [-0.3, -0.25) is 14.4 Å². The Hall–Kier alpha value is -2.47. The molecule has 0 fully saturated rings. The largest absolute Gasteiger partial charge is 0.469 e. The topological polar surface area (TPSA) is 69.7 Å². The van der Waals surface area contributed by atoms with E-state index in [1.165, 1.54) is 7.11 Å². The predicted molar refractivity (Wildman–Crippen MR) is 103 cm³/mol. The Morgan fingerprint density at radius 2 is 1.78 bits per heavy atom. The number of esters is 2. The van der Waals surface area contributed by atoms with Crippen molar-refractivity contribution in [1.29, 1.82) is 0 Å². The molecule has 0 radical (unpaired) electrons. The second-order valence-electron chi connectivity index (χ2n) is 7.00. The number of rotatable bonds is 4. The van der Waals surface area contributed by atoms with E-state index in [1.54, 1.807) is 62.4 Å². The molecule has 2 atom stereocenters. The van der Waals surface area contributed by atoms with Gasteiger partial charge in [-0.05, 0) is 32.0 Å². The quantitative estimate of drug-likeness (QED) is 0.315. The van der Waals surface area contributed by atoms with Crippen LogP contribution in [0, 0.1) is 11.3 Å². The number of ether oxygens (including phenoxy) is 2. The van der Waals surface area contributed by atoms with Crippen molar-refractivity contribution in [2.24, 2.45) is 11.3 Å². The van der Waals surface area contributed by atoms with Crippen molar-refractivity contribution in [2.75, 3.05) is 7.11 Å². The van der Waals surface area contributed by atoms with Crippen LogP contribution >= 0.6 is 15.9 Å². The molecule has 0 amide bonds. The summed E-state index contributed by atoms with van der Waals surface area (Å²) in [5.74, 6) is -3.08. The monoisotopic (exact) mass is 430 g/mol. The van der Waals surface area contributed by atoms with Crippen LogP contribution < -0.4 is 4.74 Å². The number of Topliss-reactive ketones (excluding diaryl/α,β-unsaturated/α-hetero) is 1. The molecule has 0 saturated heterocycles. The predicted octanol–water partition coefficient (Wildman–Crippen LogP) is 4.15. The summed E-state index contributed by atoms with van der Waals surface area (Å²) in [5.41, 5.74) is -0.115. The average molecular weight is 431 g/mol. The van der Waals surface area contributed by atoms with Gasteiger partial charge in [-0.15, -0.1) is 0 Å². The third-order valence-corrected chi connectivity index (χ3v) is 5.43. The third kappa shape index (κ3) is 3.41. The molecule has 140 valence electrons. The highest BCUT2D eigenvalue weighted by molar-refractivity contribution is 9.10. The molecule has 0 aliphatic carbocycles. The van der Waals surface area contributed by atoms with Crippen molar-refractivity contribution in [1.82, 2.24) is 0 Å². The third-order valence-electron chi connectivity index (χ3n) is 4.93. The lowest BCUT2D eigenvalue weighted by molar-refractivity contribution is -0.154. The van der Waals surface area contributed by atoms with E-state index in [-0.39, 0.29) is 5.78 Å². The van der Waals surface area contributed by atoms with Crippen molar-refractivity contribution in [2.45, 2.75) is 19.8 Å². The van der Waals surface area contributed by atoms with Crippen LogP contribution in [0.5, 0.6) is 5.75 Å². The van der Waals surface area contributed by atoms with Gasteiger partial charge in [0.2, 0.25) is 0 Å². The van der Waals surface area contributed by atoms with Crippen molar-refractivity contribution >= 4 is 33.7 Å². The van der Waals surface area contributed by atoms with E-state index in [1.807, 2.05) is 0 Å². The Labute approximate surface area is 165 Å². The number of ketones is 1. The fourth-order valence-electron chi connectivity index (χ4n) is 3.58. The number of benzene rings is 2. The SMILES string of the molecule is COC(=O)C(C)(C)C1c2cc(Br)ccc2OC(=O)C1C(=O)c1ccccc1. The fourth-order valence-corrected chi connectivity index (χ4v) is 3.96. The fraction of sp³-hybridized carbons (Fsp3) is 0.286. The van der Waals surface area contributed by atoms with Crippen LogP contribution in [-0.4, -0.2) is 24.8 Å². The van der Waals surface area contributed by atoms with Gasteiger partial charge in [0.15, 0.2) is 5.78 Å². The number of methoxy groups -OCH3 is 1. The molecule has 2 aromatic rings. The molecule has 0 aromatic heterocycles. The molecule has 1 aliphatic heterocycles. The summed E-state index contributed by atoms with van der Waals surface area (Å²) in [5, 5.41) is 0. The zero-order chi connectivity index (χ0) is 19.8. The lowest BCUT2D eigenvalue weighted by atomic mass is 9.65. The van der Waals surface area contributed by atoms with Crippen molar-refractivity contribution in [3.63, 3.8) is 0 Å². The van der Waals surface area contributed by atoms with Gasteiger partial charge in [-0.2, -0.15) is 0 Å². The van der Waals surface area contributed by atoms with E-state index in [4.69, 9.17) is 9.47 Å². The normalized spacial score (nSPS) is 19.0. The van der Waals surface area contributed by atoms with E-state index in [9.17, 15) is 14.4 Å². The van der Waals surface area contributed by atoms with Gasteiger partial charge in [-0.1, -0.05) is 46.3 Å². The molecule has 3 rings (SSSR count). The number of carbonyl (C=O) groups is 3. The van der Waals surface area contributed by atoms with Crippen molar-refractivity contribution in [3.05, 3.63) is 64.1 Å². The first-order valence-electron chi connectivity index (χ1n) is 8.46. The Morgan fingerprint density at radius 3 is 2.41 bits per heavy atom. The first-order chi connectivity index (χ1) is 12.8. The lowest BCUT2D eigenvalue weighted by Crippen LogP contribution is -2.46. The molecule has 2 aromatic carbocycles. The minimum Gasteiger partial charge on any atom is -0.469 e. The maximum Gasteiger partial charge on any atom is 0.322 e. The molecule has 0 bridgehead atoms. The Kier molecular flexibility index (Phi) is 5.20. The standard InChI is InChI=1S/C21H19BrO5/c1-21(2,20(25)26-3)17-14-11-13(22)9-10-15(14)27-19(24)16(17)18(23)12-7-5-4-6-8-12/h4-11,16-17H,1-3H3. The smallest absolute Gasteiger partial charge is 0.322 e. The Balaban J connectivity index is 2.20. The first kappa shape index (κ1) is 19.3. The molecule has 5 nitrogen and oxygen atoms in total. The van der Waals surface area contributed by atoms with Gasteiger partial charge in [-0.25, -0.2) is 0 Å². The van der Waals surface area contributed by atoms with Crippen LogP contribution in [0.15, 0.2) is 53.0 Å². The number of carbonyl (C=O) groups excluding carboxylic acids is 3. The zero-order valence-electron chi connectivity index (χ0n) is 15.2. The van der Waals surface area contributed by atoms with Gasteiger partial charge in [0.25, 0.3) is 0 Å². The summed E-state index contributed by atoms with van der Waals surface area (Å²) < 4.78 is 11.2. The van der Waals surface area contributed by atoms with Crippen LogP contribution in [0.4, 0.5) is 0 Å². The van der Waals surface area contributed by atoms with Gasteiger partial charge in [0.1, 0.15) is 11.7 Å². The van der Waals surface area contributed by atoms with Gasteiger partial charge < -0.3 is 9.47 Å². The average Bonchev–Trinajstić information content (AvgIpc) is 2.66. The Bertz CT molecular complexity index is 904. The second kappa shape index (κ2) is 7.27. The number of halogens is 1. The highest BCUT2D eigenvalue weighted by Crippen LogP contribution is 2.50. The minimum atomic E-state index is -1.15. The number of hydrogen-bond acceptors (Lipinski definition) is 5. The van der Waals surface area contributed by atoms with Crippen molar-refractivity contribution < 1.29 is 23.9 Å². The molecule has 0 saturated carbocycles. The van der Waals surface area contributed by atoms with E-state index in [0.29, 0.717) is 16.9 Å². The summed E-state index contributed by atoms with van der Waals surface area (Å²) in [6.45, 7) is 3.36. The molecule has 6 heteroatoms. The van der Waals surface area contributed by atoms with Crippen LogP contribution in [-0.2, 0) is 14.3 Å². The first-order valence-corrected chi connectivity index (χ1v) is 9.25. The van der Waals surface area contributed by atoms with E-state index in [2.05, 4.69) is 15.9 Å². The molecule has 0 spiro atoms. The van der Waals surface area contributed by atoms with Crippen LogP contribution in [0.25, 0.3) is 0 Å². The summed E-state index contributed by atoms with van der Waals surface area (Å²) >= 11 is 3.41. The van der Waals surface area contributed by atoms with Crippen LogP contribution in [0.3, 0.4) is 0 Å². The minimum absolute atomic E-state index is 0.349. The molecular weight excluding hydrogens is 412 g/mol. The van der Waals surface area contributed by atoms with Crippen LogP contribution in [0.1, 0.15) is 35.7 Å². The maximum absolute atomic E-state index is 13.2. The molecule has 1 aliphatic rings. The number of fused-ring (bicyclic) bond motifs is 1. The highest BCUT2D eigenvalue weighted by atomic mass is 79.9. The highest BCUT2D eigenvalue weighted by Gasteiger charge is 2.53. The van der Waals surface area contributed by atoms with E-state index in [0.717, 1.165) is 4.47 Å². The van der Waals surface area contributed by atoms with Gasteiger partial charge in [0.05, 0.1) is 12.5 Å². The molecule has 0 N–H and O–H groups in total. The summed E-state index contributed by atoms with van der Waals surface area (Å²) in [4.78, 5) is 38.6. The summed E-state index contributed by atoms with van der Waals surface area (Å²) in [6, 6.07) is 13.7. The molecular formula is C21H19BrO5. The lowest BCUT2D eigenvalue weighted by Gasteiger charge is -2.39.